The maximum absolute atomic E-state index is 5.53. The number of ether oxygens (including phenoxy) is 2. The van der Waals surface area contributed by atoms with Crippen LogP contribution in [0.4, 0.5) is 5.69 Å². The topological polar surface area (TPSA) is 58.1 Å². The molecule has 156 valence electrons. The summed E-state index contributed by atoms with van der Waals surface area (Å²) in [4.78, 5) is 6.81. The van der Waals surface area contributed by atoms with Gasteiger partial charge in [-0.1, -0.05) is 23.8 Å². The van der Waals surface area contributed by atoms with E-state index >= 15 is 0 Å². The van der Waals surface area contributed by atoms with E-state index in [-0.39, 0.29) is 24.0 Å². The summed E-state index contributed by atoms with van der Waals surface area (Å²) in [5.74, 6) is 1.82. The number of guanidine groups is 1. The average Bonchev–Trinajstić information content (AvgIpc) is 2.74. The molecule has 2 aliphatic rings. The molecule has 0 aliphatic carbocycles. The third-order valence-corrected chi connectivity index (χ3v) is 5.21. The highest BCUT2D eigenvalue weighted by Gasteiger charge is 2.22. The minimum Gasteiger partial charge on any atom is -0.495 e. The molecule has 0 bridgehead atoms. The number of halogens is 1. The fourth-order valence-electron chi connectivity index (χ4n) is 3.73. The van der Waals surface area contributed by atoms with E-state index in [2.05, 4.69) is 38.7 Å². The van der Waals surface area contributed by atoms with Gasteiger partial charge in [-0.3, -0.25) is 4.99 Å². The minimum absolute atomic E-state index is 0. The van der Waals surface area contributed by atoms with Gasteiger partial charge >= 0.3 is 0 Å². The zero-order valence-corrected chi connectivity index (χ0v) is 19.3. The predicted octanol–water partition coefficient (Wildman–Crippen LogP) is 3.18. The summed E-state index contributed by atoms with van der Waals surface area (Å²) in [5.41, 5.74) is 2.64. The largest absolute Gasteiger partial charge is 0.495 e. The fourth-order valence-corrected chi connectivity index (χ4v) is 3.73. The number of hydrogen-bond acceptors (Lipinski definition) is 4. The number of benzene rings is 1. The highest BCUT2D eigenvalue weighted by atomic mass is 127. The normalized spacial score (nSPS) is 20.1. The van der Waals surface area contributed by atoms with Gasteiger partial charge in [0.2, 0.25) is 0 Å². The van der Waals surface area contributed by atoms with Crippen LogP contribution in [-0.4, -0.2) is 59.0 Å². The first-order valence-corrected chi connectivity index (χ1v) is 9.91. The van der Waals surface area contributed by atoms with Crippen molar-refractivity contribution >= 4 is 35.6 Å². The van der Waals surface area contributed by atoms with Crippen molar-refractivity contribution in [1.29, 1.82) is 0 Å². The number of piperidine rings is 1. The smallest absolute Gasteiger partial charge is 0.191 e. The molecule has 1 aromatic carbocycles. The zero-order valence-electron chi connectivity index (χ0n) is 16.9. The first-order chi connectivity index (χ1) is 13.3. The van der Waals surface area contributed by atoms with Gasteiger partial charge in [-0.05, 0) is 37.8 Å². The molecule has 6 nitrogen and oxygen atoms in total. The fraction of sp³-hybridized carbons (Fsp3) is 0.571. The third kappa shape index (κ3) is 6.55. The van der Waals surface area contributed by atoms with Gasteiger partial charge in [0.15, 0.2) is 5.96 Å². The maximum Gasteiger partial charge on any atom is 0.191 e. The Hall–Kier alpha value is -1.48. The molecule has 1 fully saturated rings. The SMILES string of the molecule is CN=C(NCCC1=CCOCC1)NC1CCCN(c2ccccc2OC)C1.I. The average molecular weight is 500 g/mol. The lowest BCUT2D eigenvalue weighted by molar-refractivity contribution is 0.153. The number of aliphatic imine (C=N–C) groups is 1. The van der Waals surface area contributed by atoms with Crippen LogP contribution in [-0.2, 0) is 4.74 Å². The van der Waals surface area contributed by atoms with E-state index in [1.54, 1.807) is 7.11 Å². The van der Waals surface area contributed by atoms with Crippen LogP contribution in [0.25, 0.3) is 0 Å². The van der Waals surface area contributed by atoms with Gasteiger partial charge in [0.1, 0.15) is 5.75 Å². The lowest BCUT2D eigenvalue weighted by atomic mass is 10.0. The summed E-state index contributed by atoms with van der Waals surface area (Å²) >= 11 is 0. The van der Waals surface area contributed by atoms with Gasteiger partial charge in [0, 0.05) is 32.7 Å². The second-order valence-corrected chi connectivity index (χ2v) is 7.04. The van der Waals surface area contributed by atoms with Crippen molar-refractivity contribution in [2.45, 2.75) is 31.7 Å². The van der Waals surface area contributed by atoms with E-state index in [1.165, 1.54) is 11.3 Å². The number of nitrogens with one attached hydrogen (secondary N) is 2. The molecule has 28 heavy (non-hydrogen) atoms. The predicted molar refractivity (Wildman–Crippen MR) is 126 cm³/mol. The summed E-state index contributed by atoms with van der Waals surface area (Å²) < 4.78 is 10.9. The molecular formula is C21H33IN4O2. The van der Waals surface area contributed by atoms with Crippen molar-refractivity contribution < 1.29 is 9.47 Å². The van der Waals surface area contributed by atoms with Gasteiger partial charge in [-0.15, -0.1) is 24.0 Å². The van der Waals surface area contributed by atoms with Crippen LogP contribution in [0.2, 0.25) is 0 Å². The van der Waals surface area contributed by atoms with E-state index < -0.39 is 0 Å². The second kappa shape index (κ2) is 12.2. The molecule has 2 N–H and O–H groups in total. The summed E-state index contributed by atoms with van der Waals surface area (Å²) in [6.07, 6.45) is 6.59. The maximum atomic E-state index is 5.53. The Balaban J connectivity index is 0.00000280. The number of rotatable bonds is 6. The lowest BCUT2D eigenvalue weighted by Crippen LogP contribution is -2.51. The second-order valence-electron chi connectivity index (χ2n) is 7.04. The van der Waals surface area contributed by atoms with Gasteiger partial charge in [0.25, 0.3) is 0 Å². The van der Waals surface area contributed by atoms with Crippen LogP contribution >= 0.6 is 24.0 Å². The molecule has 1 saturated heterocycles. The molecule has 0 saturated carbocycles. The molecule has 2 heterocycles. The molecule has 0 amide bonds. The number of hydrogen-bond donors (Lipinski definition) is 2. The van der Waals surface area contributed by atoms with Gasteiger partial charge in [0.05, 0.1) is 26.0 Å². The summed E-state index contributed by atoms with van der Waals surface area (Å²) in [7, 11) is 3.57. The van der Waals surface area contributed by atoms with E-state index in [0.717, 1.165) is 70.2 Å². The molecular weight excluding hydrogens is 467 g/mol. The first kappa shape index (κ1) is 22.8. The summed E-state index contributed by atoms with van der Waals surface area (Å²) in [5, 5.41) is 7.05. The third-order valence-electron chi connectivity index (χ3n) is 5.21. The Morgan fingerprint density at radius 2 is 2.21 bits per heavy atom. The Morgan fingerprint density at radius 3 is 2.96 bits per heavy atom. The van der Waals surface area contributed by atoms with Crippen LogP contribution in [0.1, 0.15) is 25.7 Å². The molecule has 1 unspecified atom stereocenters. The van der Waals surface area contributed by atoms with E-state index in [9.17, 15) is 0 Å². The van der Waals surface area contributed by atoms with Crippen molar-refractivity contribution in [3.63, 3.8) is 0 Å². The number of para-hydroxylation sites is 2. The van der Waals surface area contributed by atoms with Crippen LogP contribution < -0.4 is 20.3 Å². The van der Waals surface area contributed by atoms with Crippen LogP contribution in [0, 0.1) is 0 Å². The molecule has 0 aromatic heterocycles. The van der Waals surface area contributed by atoms with Crippen molar-refractivity contribution in [1.82, 2.24) is 10.6 Å². The number of anilines is 1. The van der Waals surface area contributed by atoms with Crippen molar-refractivity contribution in [2.24, 2.45) is 4.99 Å². The monoisotopic (exact) mass is 500 g/mol. The van der Waals surface area contributed by atoms with Crippen molar-refractivity contribution in [3.8, 4) is 5.75 Å². The first-order valence-electron chi connectivity index (χ1n) is 9.91. The van der Waals surface area contributed by atoms with Crippen molar-refractivity contribution in [3.05, 3.63) is 35.9 Å². The molecule has 0 radical (unpaired) electrons. The Bertz CT molecular complexity index is 666. The van der Waals surface area contributed by atoms with Gasteiger partial charge in [-0.25, -0.2) is 0 Å². The Kier molecular flexibility index (Phi) is 9.91. The quantitative estimate of drug-likeness (QED) is 0.272. The van der Waals surface area contributed by atoms with Crippen LogP contribution in [0.5, 0.6) is 5.75 Å². The van der Waals surface area contributed by atoms with Gasteiger partial charge < -0.3 is 25.0 Å². The molecule has 1 aromatic rings. The van der Waals surface area contributed by atoms with E-state index in [1.807, 2.05) is 19.2 Å². The zero-order chi connectivity index (χ0) is 18.9. The summed E-state index contributed by atoms with van der Waals surface area (Å²) in [6.45, 7) is 4.50. The number of methoxy groups -OCH3 is 1. The van der Waals surface area contributed by atoms with Gasteiger partial charge in [-0.2, -0.15) is 0 Å². The minimum atomic E-state index is 0. The molecule has 7 heteroatoms. The number of nitrogens with zero attached hydrogens (tertiary/aromatic N) is 2. The molecule has 2 aliphatic heterocycles. The standard InChI is InChI=1S/C21H32N4O2.HI/c1-22-21(23-12-9-17-10-14-27-15-11-17)24-18-6-5-13-25(16-18)19-7-3-4-8-20(19)26-2;/h3-4,7-8,10,18H,5-6,9,11-16H2,1-2H3,(H2,22,23,24);1H. The lowest BCUT2D eigenvalue weighted by Gasteiger charge is -2.36. The van der Waals surface area contributed by atoms with Crippen molar-refractivity contribution in [2.75, 3.05) is 51.9 Å². The van der Waals surface area contributed by atoms with E-state index in [4.69, 9.17) is 9.47 Å². The molecule has 1 atom stereocenters. The highest BCUT2D eigenvalue weighted by Crippen LogP contribution is 2.29. The van der Waals surface area contributed by atoms with E-state index in [0.29, 0.717) is 6.04 Å². The van der Waals surface area contributed by atoms with Crippen LogP contribution in [0.3, 0.4) is 0 Å². The molecule has 0 spiro atoms. The van der Waals surface area contributed by atoms with Crippen LogP contribution in [0.15, 0.2) is 40.9 Å². The Labute approximate surface area is 185 Å². The summed E-state index contributed by atoms with van der Waals surface area (Å²) in [6, 6.07) is 8.62. The molecule has 3 rings (SSSR count). The Morgan fingerprint density at radius 1 is 1.36 bits per heavy atom. The highest BCUT2D eigenvalue weighted by molar-refractivity contribution is 14.0.